The van der Waals surface area contributed by atoms with Gasteiger partial charge in [0, 0.05) is 18.5 Å². The van der Waals surface area contributed by atoms with E-state index in [4.69, 9.17) is 5.11 Å². The molecule has 4 nitrogen and oxygen atoms in total. The third-order valence-electron chi connectivity index (χ3n) is 4.86. The van der Waals surface area contributed by atoms with Crippen LogP contribution in [0.5, 0.6) is 0 Å². The van der Waals surface area contributed by atoms with Gasteiger partial charge in [0.1, 0.15) is 0 Å². The smallest absolute Gasteiger partial charge is 0.303 e. The van der Waals surface area contributed by atoms with Gasteiger partial charge in [0.2, 0.25) is 0 Å². The van der Waals surface area contributed by atoms with Crippen LogP contribution in [0.3, 0.4) is 0 Å². The van der Waals surface area contributed by atoms with Crippen LogP contribution in [0.25, 0.3) is 0 Å². The van der Waals surface area contributed by atoms with E-state index in [0.29, 0.717) is 18.4 Å². The summed E-state index contributed by atoms with van der Waals surface area (Å²) in [4.78, 5) is 15.9. The molecule has 0 saturated carbocycles. The maximum atomic E-state index is 10.7. The van der Waals surface area contributed by atoms with Gasteiger partial charge in [-0.1, -0.05) is 0 Å². The molecular formula is C15H28N2O2. The molecule has 2 saturated heterocycles. The number of rotatable bonds is 4. The zero-order valence-corrected chi connectivity index (χ0v) is 12.3. The summed E-state index contributed by atoms with van der Waals surface area (Å²) in [5, 5.41) is 8.84. The minimum Gasteiger partial charge on any atom is -0.481 e. The standard InChI is InChI=1S/C15H28N2O2/c1-12(2)16-9-5-14(6-10-16)17-7-3-13(4-8-17)11-15(18)19/h12-14H,3-11H2,1-2H3,(H,18,19). The zero-order valence-electron chi connectivity index (χ0n) is 12.3. The number of aliphatic carboxylic acids is 1. The predicted molar refractivity (Wildman–Crippen MR) is 76.3 cm³/mol. The van der Waals surface area contributed by atoms with Gasteiger partial charge in [-0.2, -0.15) is 0 Å². The summed E-state index contributed by atoms with van der Waals surface area (Å²) in [6.45, 7) is 9.19. The molecule has 0 radical (unpaired) electrons. The van der Waals surface area contributed by atoms with Gasteiger partial charge in [-0.3, -0.25) is 4.79 Å². The van der Waals surface area contributed by atoms with Gasteiger partial charge < -0.3 is 14.9 Å². The van der Waals surface area contributed by atoms with Gasteiger partial charge in [-0.05, 0) is 71.6 Å². The summed E-state index contributed by atoms with van der Waals surface area (Å²) in [6, 6.07) is 1.41. The highest BCUT2D eigenvalue weighted by molar-refractivity contribution is 5.67. The summed E-state index contributed by atoms with van der Waals surface area (Å²) in [6.07, 6.45) is 5.05. The second kappa shape index (κ2) is 6.71. The average molecular weight is 268 g/mol. The van der Waals surface area contributed by atoms with Gasteiger partial charge in [0.05, 0.1) is 0 Å². The van der Waals surface area contributed by atoms with Crippen molar-refractivity contribution in [2.24, 2.45) is 5.92 Å². The third-order valence-corrected chi connectivity index (χ3v) is 4.86. The quantitative estimate of drug-likeness (QED) is 0.847. The molecule has 2 heterocycles. The molecule has 0 amide bonds. The van der Waals surface area contributed by atoms with Crippen LogP contribution >= 0.6 is 0 Å². The number of carboxylic acid groups (broad SMARTS) is 1. The van der Waals surface area contributed by atoms with E-state index in [0.717, 1.165) is 32.0 Å². The van der Waals surface area contributed by atoms with E-state index >= 15 is 0 Å². The lowest BCUT2D eigenvalue weighted by atomic mass is 9.91. The molecule has 4 heteroatoms. The Morgan fingerprint density at radius 1 is 1.11 bits per heavy atom. The first kappa shape index (κ1) is 14.8. The van der Waals surface area contributed by atoms with Crippen molar-refractivity contribution in [1.29, 1.82) is 0 Å². The summed E-state index contributed by atoms with van der Waals surface area (Å²) < 4.78 is 0. The van der Waals surface area contributed by atoms with Crippen molar-refractivity contribution in [3.05, 3.63) is 0 Å². The third kappa shape index (κ3) is 4.18. The molecule has 2 fully saturated rings. The van der Waals surface area contributed by atoms with Crippen LogP contribution in [-0.2, 0) is 4.79 Å². The Hall–Kier alpha value is -0.610. The lowest BCUT2D eigenvalue weighted by Gasteiger charge is -2.42. The number of likely N-dealkylation sites (tertiary alicyclic amines) is 2. The number of hydrogen-bond donors (Lipinski definition) is 1. The fourth-order valence-corrected chi connectivity index (χ4v) is 3.54. The van der Waals surface area contributed by atoms with Crippen molar-refractivity contribution in [2.45, 2.75) is 58.0 Å². The lowest BCUT2D eigenvalue weighted by Crippen LogP contribution is -2.49. The Kier molecular flexibility index (Phi) is 5.22. The number of hydrogen-bond acceptors (Lipinski definition) is 3. The molecule has 2 aliphatic heterocycles. The van der Waals surface area contributed by atoms with Crippen molar-refractivity contribution in [3.63, 3.8) is 0 Å². The minimum atomic E-state index is -0.635. The average Bonchev–Trinajstić information content (AvgIpc) is 2.39. The fraction of sp³-hybridized carbons (Fsp3) is 0.933. The van der Waals surface area contributed by atoms with Gasteiger partial charge in [0.25, 0.3) is 0 Å². The largest absolute Gasteiger partial charge is 0.481 e. The highest BCUT2D eigenvalue weighted by atomic mass is 16.4. The van der Waals surface area contributed by atoms with E-state index in [1.807, 2.05) is 0 Å². The highest BCUT2D eigenvalue weighted by Gasteiger charge is 2.29. The molecule has 0 aliphatic carbocycles. The van der Waals surface area contributed by atoms with Crippen LogP contribution in [0.4, 0.5) is 0 Å². The maximum Gasteiger partial charge on any atom is 0.303 e. The predicted octanol–water partition coefficient (Wildman–Crippen LogP) is 2.05. The second-order valence-corrected chi connectivity index (χ2v) is 6.44. The van der Waals surface area contributed by atoms with Crippen LogP contribution in [0.2, 0.25) is 0 Å². The van der Waals surface area contributed by atoms with E-state index < -0.39 is 5.97 Å². The second-order valence-electron chi connectivity index (χ2n) is 6.44. The molecule has 2 aliphatic rings. The first-order chi connectivity index (χ1) is 9.06. The Balaban J connectivity index is 1.72. The molecule has 0 aromatic heterocycles. The molecular weight excluding hydrogens is 240 g/mol. The van der Waals surface area contributed by atoms with Crippen molar-refractivity contribution in [2.75, 3.05) is 26.2 Å². The molecule has 0 spiro atoms. The van der Waals surface area contributed by atoms with E-state index in [-0.39, 0.29) is 0 Å². The van der Waals surface area contributed by atoms with Crippen LogP contribution in [-0.4, -0.2) is 59.1 Å². The molecule has 0 aromatic carbocycles. The maximum absolute atomic E-state index is 10.7. The van der Waals surface area contributed by atoms with Crippen molar-refractivity contribution in [1.82, 2.24) is 9.80 Å². The molecule has 110 valence electrons. The highest BCUT2D eigenvalue weighted by Crippen LogP contribution is 2.26. The lowest BCUT2D eigenvalue weighted by molar-refractivity contribution is -0.138. The molecule has 1 N–H and O–H groups in total. The van der Waals surface area contributed by atoms with Gasteiger partial charge in [-0.15, -0.1) is 0 Å². The monoisotopic (exact) mass is 268 g/mol. The number of piperidine rings is 2. The molecule has 2 rings (SSSR count). The van der Waals surface area contributed by atoms with E-state index in [1.165, 1.54) is 25.9 Å². The van der Waals surface area contributed by atoms with Gasteiger partial charge in [-0.25, -0.2) is 0 Å². The van der Waals surface area contributed by atoms with E-state index in [1.54, 1.807) is 0 Å². The molecule has 0 bridgehead atoms. The SMILES string of the molecule is CC(C)N1CCC(N2CCC(CC(=O)O)CC2)CC1. The van der Waals surface area contributed by atoms with E-state index in [2.05, 4.69) is 23.6 Å². The summed E-state index contributed by atoms with van der Waals surface area (Å²) in [5.41, 5.74) is 0. The molecule has 19 heavy (non-hydrogen) atoms. The minimum absolute atomic E-state index is 0.361. The topological polar surface area (TPSA) is 43.8 Å². The summed E-state index contributed by atoms with van der Waals surface area (Å²) >= 11 is 0. The Morgan fingerprint density at radius 2 is 1.68 bits per heavy atom. The van der Waals surface area contributed by atoms with E-state index in [9.17, 15) is 4.79 Å². The van der Waals surface area contributed by atoms with Crippen LogP contribution in [0, 0.1) is 5.92 Å². The Bertz CT molecular complexity index is 291. The van der Waals surface area contributed by atoms with Crippen molar-refractivity contribution < 1.29 is 9.90 Å². The van der Waals surface area contributed by atoms with Crippen LogP contribution in [0.15, 0.2) is 0 Å². The van der Waals surface area contributed by atoms with Crippen LogP contribution < -0.4 is 0 Å². The molecule has 0 atom stereocenters. The number of carboxylic acids is 1. The number of nitrogens with zero attached hydrogens (tertiary/aromatic N) is 2. The summed E-state index contributed by atoms with van der Waals surface area (Å²) in [5.74, 6) is -0.229. The molecule has 0 unspecified atom stereocenters. The normalized spacial score (nSPS) is 25.0. The zero-order chi connectivity index (χ0) is 13.8. The van der Waals surface area contributed by atoms with Gasteiger partial charge >= 0.3 is 5.97 Å². The Morgan fingerprint density at radius 3 is 2.16 bits per heavy atom. The van der Waals surface area contributed by atoms with Crippen molar-refractivity contribution >= 4 is 5.97 Å². The van der Waals surface area contributed by atoms with Crippen molar-refractivity contribution in [3.8, 4) is 0 Å². The number of carbonyl (C=O) groups is 1. The first-order valence-corrected chi connectivity index (χ1v) is 7.76. The summed E-state index contributed by atoms with van der Waals surface area (Å²) in [7, 11) is 0. The van der Waals surface area contributed by atoms with Crippen LogP contribution in [0.1, 0.15) is 46.0 Å². The molecule has 0 aromatic rings. The first-order valence-electron chi connectivity index (χ1n) is 7.76. The van der Waals surface area contributed by atoms with Gasteiger partial charge in [0.15, 0.2) is 0 Å². The Labute approximate surface area is 116 Å². The fourth-order valence-electron chi connectivity index (χ4n) is 3.54.